The lowest BCUT2D eigenvalue weighted by Gasteiger charge is -2.22. The Labute approximate surface area is 126 Å². The first-order valence-corrected chi connectivity index (χ1v) is 6.79. The van der Waals surface area contributed by atoms with E-state index in [2.05, 4.69) is 15.1 Å². The van der Waals surface area contributed by atoms with Crippen LogP contribution in [0.1, 0.15) is 24.2 Å². The summed E-state index contributed by atoms with van der Waals surface area (Å²) in [6, 6.07) is 2.68. The van der Waals surface area contributed by atoms with Crippen LogP contribution >= 0.6 is 0 Å². The fourth-order valence-corrected chi connectivity index (χ4v) is 2.64. The number of aryl methyl sites for hydroxylation is 1. The highest BCUT2D eigenvalue weighted by Gasteiger charge is 2.40. The minimum Gasteiger partial charge on any atom is -0.380 e. The number of anilines is 1. The highest BCUT2D eigenvalue weighted by Crippen LogP contribution is 2.39. The van der Waals surface area contributed by atoms with Crippen molar-refractivity contribution in [2.45, 2.75) is 25.5 Å². The molecule has 0 saturated carbocycles. The molecular weight excluding hydrogens is 290 g/mol. The lowest BCUT2D eigenvalue weighted by molar-refractivity contribution is -0.384. The van der Waals surface area contributed by atoms with Crippen LogP contribution in [-0.4, -0.2) is 39.8 Å². The van der Waals surface area contributed by atoms with Gasteiger partial charge in [-0.05, 0) is 13.0 Å². The van der Waals surface area contributed by atoms with E-state index in [0.717, 1.165) is 0 Å². The summed E-state index contributed by atoms with van der Waals surface area (Å²) in [5, 5.41) is 15.0. The van der Waals surface area contributed by atoms with E-state index in [0.29, 0.717) is 24.7 Å². The van der Waals surface area contributed by atoms with Crippen LogP contribution in [0.3, 0.4) is 0 Å². The summed E-state index contributed by atoms with van der Waals surface area (Å²) in [6.45, 7) is 2.20. The topological polar surface area (TPSA) is 107 Å². The number of aromatic nitrogens is 3. The number of hydrogen-bond acceptors (Lipinski definition) is 8. The van der Waals surface area contributed by atoms with Gasteiger partial charge in [0, 0.05) is 32.3 Å². The maximum atomic E-state index is 11.2. The fraction of sp³-hybridized carbons (Fsp3) is 0.462. The Morgan fingerprint density at radius 2 is 2.36 bits per heavy atom. The van der Waals surface area contributed by atoms with Crippen LogP contribution < -0.4 is 4.90 Å². The van der Waals surface area contributed by atoms with Crippen molar-refractivity contribution in [3.05, 3.63) is 40.2 Å². The molecule has 0 aromatic carbocycles. The SMILES string of the molecule is COC1CC(c2nc(C)no2)N(c2ncccc2[N+](=O)[O-])C1. The Morgan fingerprint density at radius 3 is 3.00 bits per heavy atom. The third kappa shape index (κ3) is 2.50. The van der Waals surface area contributed by atoms with Crippen LogP contribution in [0.5, 0.6) is 0 Å². The van der Waals surface area contributed by atoms with Gasteiger partial charge in [-0.1, -0.05) is 5.16 Å². The summed E-state index contributed by atoms with van der Waals surface area (Å²) in [6.07, 6.45) is 2.04. The minimum atomic E-state index is -0.446. The predicted molar refractivity (Wildman–Crippen MR) is 75.4 cm³/mol. The monoisotopic (exact) mass is 305 g/mol. The number of hydrogen-bond donors (Lipinski definition) is 0. The minimum absolute atomic E-state index is 0.0551. The third-order valence-corrected chi connectivity index (χ3v) is 3.66. The summed E-state index contributed by atoms with van der Waals surface area (Å²) in [4.78, 5) is 21.0. The van der Waals surface area contributed by atoms with Crippen molar-refractivity contribution in [1.82, 2.24) is 15.1 Å². The van der Waals surface area contributed by atoms with E-state index in [1.807, 2.05) is 0 Å². The molecule has 2 aromatic heterocycles. The molecule has 2 atom stereocenters. The number of nitro groups is 1. The van der Waals surface area contributed by atoms with Crippen LogP contribution in [0, 0.1) is 17.0 Å². The summed E-state index contributed by atoms with van der Waals surface area (Å²) in [7, 11) is 1.61. The molecule has 0 bridgehead atoms. The summed E-state index contributed by atoms with van der Waals surface area (Å²) >= 11 is 0. The molecule has 3 heterocycles. The summed E-state index contributed by atoms with van der Waals surface area (Å²) in [5.41, 5.74) is -0.0551. The van der Waals surface area contributed by atoms with Crippen molar-refractivity contribution in [3.63, 3.8) is 0 Å². The van der Waals surface area contributed by atoms with Gasteiger partial charge in [-0.15, -0.1) is 0 Å². The van der Waals surface area contributed by atoms with Gasteiger partial charge < -0.3 is 14.2 Å². The molecule has 0 radical (unpaired) electrons. The van der Waals surface area contributed by atoms with Crippen LogP contribution in [0.4, 0.5) is 11.5 Å². The molecule has 9 heteroatoms. The Hall–Kier alpha value is -2.55. The second kappa shape index (κ2) is 5.68. The van der Waals surface area contributed by atoms with Crippen LogP contribution in [0.2, 0.25) is 0 Å². The average Bonchev–Trinajstić information content (AvgIpc) is 3.13. The molecule has 1 fully saturated rings. The maximum Gasteiger partial charge on any atom is 0.311 e. The van der Waals surface area contributed by atoms with E-state index in [9.17, 15) is 10.1 Å². The van der Waals surface area contributed by atoms with Crippen molar-refractivity contribution in [3.8, 4) is 0 Å². The smallest absolute Gasteiger partial charge is 0.311 e. The van der Waals surface area contributed by atoms with Gasteiger partial charge in [0.05, 0.1) is 11.0 Å². The van der Waals surface area contributed by atoms with Gasteiger partial charge in [0.2, 0.25) is 11.7 Å². The van der Waals surface area contributed by atoms with Gasteiger partial charge in [-0.3, -0.25) is 10.1 Å². The molecule has 22 heavy (non-hydrogen) atoms. The van der Waals surface area contributed by atoms with Crippen molar-refractivity contribution in [2.75, 3.05) is 18.6 Å². The first-order valence-electron chi connectivity index (χ1n) is 6.79. The Bertz CT molecular complexity index is 689. The van der Waals surface area contributed by atoms with E-state index in [-0.39, 0.29) is 23.7 Å². The second-order valence-corrected chi connectivity index (χ2v) is 5.04. The van der Waals surface area contributed by atoms with Crippen molar-refractivity contribution in [2.24, 2.45) is 0 Å². The molecule has 116 valence electrons. The van der Waals surface area contributed by atoms with Crippen LogP contribution in [-0.2, 0) is 4.74 Å². The molecule has 2 aromatic rings. The molecule has 0 N–H and O–H groups in total. The highest BCUT2D eigenvalue weighted by molar-refractivity contribution is 5.59. The Balaban J connectivity index is 2.01. The zero-order valence-corrected chi connectivity index (χ0v) is 12.2. The molecule has 1 saturated heterocycles. The standard InChI is InChI=1S/C13H15N5O4/c1-8-15-13(22-16-8)11-6-9(21-2)7-17(11)12-10(18(19)20)4-3-5-14-12/h3-5,9,11H,6-7H2,1-2H3. The van der Waals surface area contributed by atoms with Crippen LogP contribution in [0.15, 0.2) is 22.9 Å². The van der Waals surface area contributed by atoms with Gasteiger partial charge in [0.1, 0.15) is 6.04 Å². The average molecular weight is 305 g/mol. The lowest BCUT2D eigenvalue weighted by Crippen LogP contribution is -2.26. The summed E-state index contributed by atoms with van der Waals surface area (Å²) < 4.78 is 10.6. The first kappa shape index (κ1) is 14.4. The third-order valence-electron chi connectivity index (χ3n) is 3.66. The van der Waals surface area contributed by atoms with Crippen molar-refractivity contribution < 1.29 is 14.2 Å². The first-order chi connectivity index (χ1) is 10.6. The van der Waals surface area contributed by atoms with Gasteiger partial charge in [0.15, 0.2) is 5.82 Å². The number of methoxy groups -OCH3 is 1. The van der Waals surface area contributed by atoms with E-state index in [1.165, 1.54) is 18.3 Å². The fourth-order valence-electron chi connectivity index (χ4n) is 2.64. The van der Waals surface area contributed by atoms with Gasteiger partial charge in [-0.2, -0.15) is 4.98 Å². The number of ether oxygens (including phenoxy) is 1. The molecule has 0 amide bonds. The zero-order chi connectivity index (χ0) is 15.7. The van der Waals surface area contributed by atoms with Crippen molar-refractivity contribution >= 4 is 11.5 Å². The van der Waals surface area contributed by atoms with Gasteiger partial charge in [-0.25, -0.2) is 4.98 Å². The zero-order valence-electron chi connectivity index (χ0n) is 12.2. The molecule has 1 aliphatic heterocycles. The Kier molecular flexibility index (Phi) is 3.72. The highest BCUT2D eigenvalue weighted by atomic mass is 16.6. The van der Waals surface area contributed by atoms with E-state index in [1.54, 1.807) is 18.9 Å². The molecule has 3 rings (SSSR count). The normalized spacial score (nSPS) is 21.3. The number of nitrogens with zero attached hydrogens (tertiary/aromatic N) is 5. The quantitative estimate of drug-likeness (QED) is 0.619. The van der Waals surface area contributed by atoms with E-state index >= 15 is 0 Å². The molecule has 1 aliphatic rings. The lowest BCUT2D eigenvalue weighted by atomic mass is 10.2. The molecule has 9 nitrogen and oxygen atoms in total. The van der Waals surface area contributed by atoms with Crippen molar-refractivity contribution in [1.29, 1.82) is 0 Å². The molecule has 0 aliphatic carbocycles. The predicted octanol–water partition coefficient (Wildman–Crippen LogP) is 1.65. The van der Waals surface area contributed by atoms with E-state index in [4.69, 9.17) is 9.26 Å². The second-order valence-electron chi connectivity index (χ2n) is 5.04. The van der Waals surface area contributed by atoms with Gasteiger partial charge >= 0.3 is 5.69 Å². The molecule has 0 spiro atoms. The summed E-state index contributed by atoms with van der Waals surface area (Å²) in [5.74, 6) is 1.22. The number of rotatable bonds is 4. The van der Waals surface area contributed by atoms with E-state index < -0.39 is 4.92 Å². The Morgan fingerprint density at radius 1 is 1.55 bits per heavy atom. The molecular formula is C13H15N5O4. The molecule has 2 unspecified atom stereocenters. The van der Waals surface area contributed by atoms with Gasteiger partial charge in [0.25, 0.3) is 0 Å². The maximum absolute atomic E-state index is 11.2. The largest absolute Gasteiger partial charge is 0.380 e. The van der Waals surface area contributed by atoms with Crippen LogP contribution in [0.25, 0.3) is 0 Å². The number of pyridine rings is 1.